The lowest BCUT2D eigenvalue weighted by atomic mass is 10.1. The highest BCUT2D eigenvalue weighted by Gasteiger charge is 2.12. The fourth-order valence-electron chi connectivity index (χ4n) is 2.45. The van der Waals surface area contributed by atoms with Crippen LogP contribution in [0.2, 0.25) is 0 Å². The lowest BCUT2D eigenvalue weighted by molar-refractivity contribution is -0.113. The summed E-state index contributed by atoms with van der Waals surface area (Å²) >= 11 is 1.23. The van der Waals surface area contributed by atoms with Crippen molar-refractivity contribution in [1.82, 2.24) is 10.2 Å². The minimum Gasteiger partial charge on any atom is -0.411 e. The molecule has 0 aliphatic rings. The zero-order chi connectivity index (χ0) is 18.5. The van der Waals surface area contributed by atoms with Crippen LogP contribution in [0.1, 0.15) is 23.6 Å². The standard InChI is InChI=1S/C20H21N3O2S/c1-4-15-6-5-7-17(11-15)21-18(24)12-26-20-23-22-19(25-20)16-9-8-13(2)14(3)10-16/h5-11H,4,12H2,1-3H3,(H,21,24). The van der Waals surface area contributed by atoms with Crippen molar-refractivity contribution in [1.29, 1.82) is 0 Å². The van der Waals surface area contributed by atoms with E-state index in [0.29, 0.717) is 11.1 Å². The summed E-state index contributed by atoms with van der Waals surface area (Å²) in [6, 6.07) is 13.8. The third-order valence-corrected chi connectivity index (χ3v) is 4.92. The van der Waals surface area contributed by atoms with Crippen molar-refractivity contribution in [2.75, 3.05) is 11.1 Å². The number of hydrogen-bond donors (Lipinski definition) is 1. The van der Waals surface area contributed by atoms with E-state index in [4.69, 9.17) is 4.42 Å². The number of carbonyl (C=O) groups is 1. The lowest BCUT2D eigenvalue weighted by Gasteiger charge is -2.05. The van der Waals surface area contributed by atoms with E-state index in [1.807, 2.05) is 49.4 Å². The Labute approximate surface area is 157 Å². The Kier molecular flexibility index (Phi) is 5.73. The van der Waals surface area contributed by atoms with Gasteiger partial charge in [0, 0.05) is 11.3 Å². The Morgan fingerprint density at radius 3 is 2.73 bits per heavy atom. The first-order valence-electron chi connectivity index (χ1n) is 8.48. The first-order valence-corrected chi connectivity index (χ1v) is 9.46. The third kappa shape index (κ3) is 4.52. The van der Waals surface area contributed by atoms with Crippen LogP contribution in [0.3, 0.4) is 0 Å². The molecule has 2 aromatic carbocycles. The molecule has 0 saturated carbocycles. The number of carbonyl (C=O) groups excluding carboxylic acids is 1. The molecule has 0 aliphatic carbocycles. The van der Waals surface area contributed by atoms with Crippen LogP contribution in [0.25, 0.3) is 11.5 Å². The van der Waals surface area contributed by atoms with Crippen LogP contribution in [-0.2, 0) is 11.2 Å². The molecule has 1 amide bonds. The van der Waals surface area contributed by atoms with Gasteiger partial charge in [0.1, 0.15) is 0 Å². The first kappa shape index (κ1) is 18.2. The molecule has 134 valence electrons. The Morgan fingerprint density at radius 1 is 1.12 bits per heavy atom. The van der Waals surface area contributed by atoms with E-state index >= 15 is 0 Å². The summed E-state index contributed by atoms with van der Waals surface area (Å²) in [5.74, 6) is 0.575. The van der Waals surface area contributed by atoms with E-state index < -0.39 is 0 Å². The van der Waals surface area contributed by atoms with E-state index in [1.165, 1.54) is 28.5 Å². The molecule has 6 heteroatoms. The van der Waals surface area contributed by atoms with Crippen molar-refractivity contribution in [2.24, 2.45) is 0 Å². The van der Waals surface area contributed by atoms with Gasteiger partial charge < -0.3 is 9.73 Å². The molecule has 0 radical (unpaired) electrons. The summed E-state index contributed by atoms with van der Waals surface area (Å²) in [7, 11) is 0. The maximum atomic E-state index is 12.1. The van der Waals surface area contributed by atoms with Crippen molar-refractivity contribution in [3.8, 4) is 11.5 Å². The van der Waals surface area contributed by atoms with Gasteiger partial charge in [-0.3, -0.25) is 4.79 Å². The highest BCUT2D eigenvalue weighted by molar-refractivity contribution is 7.99. The van der Waals surface area contributed by atoms with Crippen molar-refractivity contribution in [3.63, 3.8) is 0 Å². The second-order valence-electron chi connectivity index (χ2n) is 6.06. The Balaban J connectivity index is 1.59. The molecule has 0 fully saturated rings. The van der Waals surface area contributed by atoms with Gasteiger partial charge in [-0.1, -0.05) is 36.9 Å². The van der Waals surface area contributed by atoms with Gasteiger partial charge >= 0.3 is 0 Å². The van der Waals surface area contributed by atoms with Crippen molar-refractivity contribution in [3.05, 3.63) is 59.2 Å². The number of aryl methyl sites for hydroxylation is 3. The number of thioether (sulfide) groups is 1. The number of benzene rings is 2. The van der Waals surface area contributed by atoms with E-state index in [-0.39, 0.29) is 11.7 Å². The van der Waals surface area contributed by atoms with Crippen molar-refractivity contribution < 1.29 is 9.21 Å². The normalized spacial score (nSPS) is 10.7. The lowest BCUT2D eigenvalue weighted by Crippen LogP contribution is -2.14. The second kappa shape index (κ2) is 8.19. The van der Waals surface area contributed by atoms with E-state index in [9.17, 15) is 4.79 Å². The van der Waals surface area contributed by atoms with Crippen LogP contribution >= 0.6 is 11.8 Å². The molecule has 26 heavy (non-hydrogen) atoms. The number of nitrogens with one attached hydrogen (secondary N) is 1. The number of aromatic nitrogens is 2. The predicted molar refractivity (Wildman–Crippen MR) is 104 cm³/mol. The smallest absolute Gasteiger partial charge is 0.277 e. The monoisotopic (exact) mass is 367 g/mol. The summed E-state index contributed by atoms with van der Waals surface area (Å²) < 4.78 is 5.66. The van der Waals surface area contributed by atoms with Gasteiger partial charge in [0.2, 0.25) is 11.8 Å². The molecular formula is C20H21N3O2S. The van der Waals surface area contributed by atoms with Crippen LogP contribution in [0.4, 0.5) is 5.69 Å². The summed E-state index contributed by atoms with van der Waals surface area (Å²) in [4.78, 5) is 12.1. The average Bonchev–Trinajstić information content (AvgIpc) is 3.11. The van der Waals surface area contributed by atoms with Gasteiger partial charge in [-0.15, -0.1) is 10.2 Å². The Morgan fingerprint density at radius 2 is 1.96 bits per heavy atom. The van der Waals surface area contributed by atoms with Gasteiger partial charge in [-0.2, -0.15) is 0 Å². The van der Waals surface area contributed by atoms with E-state index in [1.54, 1.807) is 0 Å². The largest absolute Gasteiger partial charge is 0.411 e. The molecule has 3 rings (SSSR count). The van der Waals surface area contributed by atoms with Gasteiger partial charge in [-0.25, -0.2) is 0 Å². The zero-order valence-electron chi connectivity index (χ0n) is 15.1. The fourth-order valence-corrected chi connectivity index (χ4v) is 3.02. The van der Waals surface area contributed by atoms with Gasteiger partial charge in [-0.05, 0) is 61.2 Å². The summed E-state index contributed by atoms with van der Waals surface area (Å²) in [6.45, 7) is 6.19. The zero-order valence-corrected chi connectivity index (χ0v) is 15.9. The molecule has 0 spiro atoms. The number of anilines is 1. The molecule has 0 aliphatic heterocycles. The molecule has 5 nitrogen and oxygen atoms in total. The minimum atomic E-state index is -0.103. The summed E-state index contributed by atoms with van der Waals surface area (Å²) in [5, 5.41) is 11.4. The summed E-state index contributed by atoms with van der Waals surface area (Å²) in [6.07, 6.45) is 0.932. The third-order valence-electron chi connectivity index (χ3n) is 4.11. The quantitative estimate of drug-likeness (QED) is 0.643. The SMILES string of the molecule is CCc1cccc(NC(=O)CSc2nnc(-c3ccc(C)c(C)c3)o2)c1. The minimum absolute atomic E-state index is 0.103. The molecule has 0 unspecified atom stereocenters. The second-order valence-corrected chi connectivity index (χ2v) is 6.99. The highest BCUT2D eigenvalue weighted by Crippen LogP contribution is 2.25. The fraction of sp³-hybridized carbons (Fsp3) is 0.250. The van der Waals surface area contributed by atoms with E-state index in [2.05, 4.69) is 29.4 Å². The molecule has 1 N–H and O–H groups in total. The topological polar surface area (TPSA) is 68.0 Å². The van der Waals surface area contributed by atoms with Crippen LogP contribution in [0, 0.1) is 13.8 Å². The molecule has 0 atom stereocenters. The van der Waals surface area contributed by atoms with Gasteiger partial charge in [0.15, 0.2) is 0 Å². The molecular weight excluding hydrogens is 346 g/mol. The van der Waals surface area contributed by atoms with Crippen LogP contribution < -0.4 is 5.32 Å². The molecule has 3 aromatic rings. The number of rotatable bonds is 6. The van der Waals surface area contributed by atoms with Crippen LogP contribution in [0.5, 0.6) is 0 Å². The summed E-state index contributed by atoms with van der Waals surface area (Å²) in [5.41, 5.74) is 5.25. The molecule has 0 bridgehead atoms. The predicted octanol–water partition coefficient (Wildman–Crippen LogP) is 4.65. The molecule has 1 heterocycles. The number of hydrogen-bond acceptors (Lipinski definition) is 5. The Hall–Kier alpha value is -2.60. The van der Waals surface area contributed by atoms with Crippen LogP contribution in [-0.4, -0.2) is 21.9 Å². The van der Waals surface area contributed by atoms with E-state index in [0.717, 1.165) is 17.7 Å². The highest BCUT2D eigenvalue weighted by atomic mass is 32.2. The maximum absolute atomic E-state index is 12.1. The van der Waals surface area contributed by atoms with Crippen molar-refractivity contribution >= 4 is 23.4 Å². The molecule has 0 saturated heterocycles. The number of nitrogens with zero attached hydrogens (tertiary/aromatic N) is 2. The first-order chi connectivity index (χ1) is 12.5. The number of amides is 1. The average molecular weight is 367 g/mol. The van der Waals surface area contributed by atoms with Gasteiger partial charge in [0.25, 0.3) is 5.22 Å². The maximum Gasteiger partial charge on any atom is 0.277 e. The van der Waals surface area contributed by atoms with Crippen LogP contribution in [0.15, 0.2) is 52.1 Å². The Bertz CT molecular complexity index is 921. The van der Waals surface area contributed by atoms with Gasteiger partial charge in [0.05, 0.1) is 5.75 Å². The molecule has 1 aromatic heterocycles. The van der Waals surface area contributed by atoms with Crippen molar-refractivity contribution in [2.45, 2.75) is 32.4 Å².